The molecule has 5 aromatic carbocycles. The van der Waals surface area contributed by atoms with E-state index in [9.17, 15) is 0 Å². The molecule has 5 aromatic rings. The van der Waals surface area contributed by atoms with Crippen LogP contribution in [0.25, 0.3) is 0 Å². The van der Waals surface area contributed by atoms with Crippen LogP contribution in [0.4, 0.5) is 28.4 Å². The molecule has 5 rings (SSSR count). The predicted octanol–water partition coefficient (Wildman–Crippen LogP) is 10.2. The third-order valence-corrected chi connectivity index (χ3v) is 5.61. The fourth-order valence-corrected chi connectivity index (χ4v) is 3.75. The van der Waals surface area contributed by atoms with Gasteiger partial charge in [0.2, 0.25) is 0 Å². The van der Waals surface area contributed by atoms with Gasteiger partial charge in [0.05, 0.1) is 0 Å². The smallest absolute Gasteiger partial charge is 0.0461 e. The minimum atomic E-state index is 0. The van der Waals surface area contributed by atoms with Crippen molar-refractivity contribution in [3.8, 4) is 0 Å². The van der Waals surface area contributed by atoms with Gasteiger partial charge in [0.15, 0.2) is 0 Å². The Kier molecular flexibility index (Phi) is 11.0. The van der Waals surface area contributed by atoms with E-state index >= 15 is 0 Å². The number of aryl methyl sites for hydroxylation is 1. The fraction of sp³-hybridized carbons (Fsp3) is 0.118. The van der Waals surface area contributed by atoms with Crippen molar-refractivity contribution in [1.29, 1.82) is 0 Å². The maximum atomic E-state index is 2.26. The number of anilines is 5. The molecule has 0 heterocycles. The van der Waals surface area contributed by atoms with Crippen LogP contribution in [0.3, 0.4) is 0 Å². The molecule has 0 amide bonds. The zero-order valence-electron chi connectivity index (χ0n) is 19.8. The molecular formula is C34H38N2. The molecule has 0 N–H and O–H groups in total. The highest BCUT2D eigenvalue weighted by molar-refractivity contribution is 5.76. The van der Waals surface area contributed by atoms with Gasteiger partial charge in [-0.2, -0.15) is 0 Å². The number of hydrogen-bond acceptors (Lipinski definition) is 2. The molecule has 2 nitrogen and oxygen atoms in total. The summed E-state index contributed by atoms with van der Waals surface area (Å²) in [5.74, 6) is 0. The predicted molar refractivity (Wildman–Crippen MR) is 160 cm³/mol. The van der Waals surface area contributed by atoms with Gasteiger partial charge in [0, 0.05) is 35.5 Å². The molecule has 2 heteroatoms. The van der Waals surface area contributed by atoms with Crippen molar-refractivity contribution in [3.63, 3.8) is 0 Å². The first kappa shape index (κ1) is 27.9. The van der Waals surface area contributed by atoms with Crippen LogP contribution in [0.5, 0.6) is 0 Å². The second-order valence-corrected chi connectivity index (χ2v) is 8.07. The summed E-state index contributed by atoms with van der Waals surface area (Å²) in [7, 11) is 2.07. The van der Waals surface area contributed by atoms with Gasteiger partial charge >= 0.3 is 0 Å². The summed E-state index contributed by atoms with van der Waals surface area (Å²) in [6, 6.07) is 50.2. The van der Waals surface area contributed by atoms with Gasteiger partial charge in [0.1, 0.15) is 0 Å². The minimum Gasteiger partial charge on any atom is -0.345 e. The highest BCUT2D eigenvalue weighted by atomic mass is 15.1. The van der Waals surface area contributed by atoms with Crippen LogP contribution in [0.1, 0.15) is 20.4 Å². The van der Waals surface area contributed by atoms with Gasteiger partial charge in [-0.3, -0.25) is 0 Å². The van der Waals surface area contributed by atoms with Crippen molar-refractivity contribution in [1.82, 2.24) is 0 Å². The molecule has 184 valence electrons. The first-order chi connectivity index (χ1) is 16.7. The molecular weight excluding hydrogens is 436 g/mol. The summed E-state index contributed by atoms with van der Waals surface area (Å²) in [6.07, 6.45) is 0. The summed E-state index contributed by atoms with van der Waals surface area (Å²) in [4.78, 5) is 4.43. The van der Waals surface area contributed by atoms with Crippen LogP contribution in [-0.4, -0.2) is 7.05 Å². The second kappa shape index (κ2) is 14.2. The molecule has 0 saturated carbocycles. The zero-order valence-corrected chi connectivity index (χ0v) is 19.8. The van der Waals surface area contributed by atoms with Gasteiger partial charge < -0.3 is 9.80 Å². The minimum absolute atomic E-state index is 0. The first-order valence-electron chi connectivity index (χ1n) is 11.5. The summed E-state index contributed by atoms with van der Waals surface area (Å²) in [6.45, 7) is 2.11. The van der Waals surface area contributed by atoms with E-state index < -0.39 is 0 Å². The molecule has 0 bridgehead atoms. The van der Waals surface area contributed by atoms with E-state index in [1.54, 1.807) is 0 Å². The molecule has 0 spiro atoms. The van der Waals surface area contributed by atoms with E-state index in [1.165, 1.54) is 34.0 Å². The molecule has 0 aliphatic heterocycles. The standard InChI is InChI=1S/C19H17N.C13H13N.2CH4/c1-16-12-14-19(15-13-16)20(17-8-4-2-5-9-17)18-10-6-3-7-11-18;1-14(12-8-4-2-5-9-12)13-10-6-3-7-11-13;;/h2-15H,1H3;2-11H,1H3;2*1H4. The van der Waals surface area contributed by atoms with Crippen LogP contribution >= 0.6 is 0 Å². The third kappa shape index (κ3) is 7.35. The maximum absolute atomic E-state index is 2.26. The van der Waals surface area contributed by atoms with E-state index in [0.717, 1.165) is 0 Å². The Morgan fingerprint density at radius 1 is 0.361 bits per heavy atom. The second-order valence-electron chi connectivity index (χ2n) is 8.07. The molecule has 0 saturated heterocycles. The van der Waals surface area contributed by atoms with Crippen LogP contribution in [0, 0.1) is 6.92 Å². The molecule has 0 atom stereocenters. The summed E-state index contributed by atoms with van der Waals surface area (Å²) >= 11 is 0. The first-order valence-corrected chi connectivity index (χ1v) is 11.5. The largest absolute Gasteiger partial charge is 0.345 e. The lowest BCUT2D eigenvalue weighted by Crippen LogP contribution is -2.09. The molecule has 0 aliphatic rings. The van der Waals surface area contributed by atoms with Crippen molar-refractivity contribution in [2.45, 2.75) is 21.8 Å². The van der Waals surface area contributed by atoms with Crippen LogP contribution in [0.15, 0.2) is 146 Å². The van der Waals surface area contributed by atoms with Crippen molar-refractivity contribution >= 4 is 28.4 Å². The maximum Gasteiger partial charge on any atom is 0.0461 e. The number of nitrogens with zero attached hydrogens (tertiary/aromatic N) is 2. The summed E-state index contributed by atoms with van der Waals surface area (Å²) in [5.41, 5.74) is 7.20. The summed E-state index contributed by atoms with van der Waals surface area (Å²) in [5, 5.41) is 0. The number of benzene rings is 5. The van der Waals surface area contributed by atoms with E-state index in [4.69, 9.17) is 0 Å². The van der Waals surface area contributed by atoms with Crippen molar-refractivity contribution in [2.75, 3.05) is 16.8 Å². The number of rotatable bonds is 5. The normalized spacial score (nSPS) is 9.50. The monoisotopic (exact) mass is 474 g/mol. The lowest BCUT2D eigenvalue weighted by atomic mass is 10.1. The van der Waals surface area contributed by atoms with Crippen LogP contribution < -0.4 is 9.80 Å². The lowest BCUT2D eigenvalue weighted by Gasteiger charge is -2.25. The Balaban J connectivity index is 0.000000254. The zero-order chi connectivity index (χ0) is 23.6. The van der Waals surface area contributed by atoms with Gasteiger partial charge in [-0.15, -0.1) is 0 Å². The van der Waals surface area contributed by atoms with E-state index in [0.29, 0.717) is 0 Å². The van der Waals surface area contributed by atoms with Crippen molar-refractivity contribution in [3.05, 3.63) is 151 Å². The summed E-state index contributed by atoms with van der Waals surface area (Å²) < 4.78 is 0. The van der Waals surface area contributed by atoms with Gasteiger partial charge in [-0.05, 0) is 67.6 Å². The van der Waals surface area contributed by atoms with Gasteiger partial charge in [-0.25, -0.2) is 0 Å². The molecule has 0 aliphatic carbocycles. The Hall–Kier alpha value is -4.30. The van der Waals surface area contributed by atoms with E-state index in [2.05, 4.69) is 145 Å². The average Bonchev–Trinajstić information content (AvgIpc) is 2.92. The van der Waals surface area contributed by atoms with Gasteiger partial charge in [-0.1, -0.05) is 105 Å². The quantitative estimate of drug-likeness (QED) is 0.250. The van der Waals surface area contributed by atoms with Gasteiger partial charge in [0.25, 0.3) is 0 Å². The SMILES string of the molecule is C.C.CN(c1ccccc1)c1ccccc1.Cc1ccc(N(c2ccccc2)c2ccccc2)cc1. The van der Waals surface area contributed by atoms with Crippen LogP contribution in [-0.2, 0) is 0 Å². The van der Waals surface area contributed by atoms with Crippen molar-refractivity contribution in [2.24, 2.45) is 0 Å². The average molecular weight is 475 g/mol. The topological polar surface area (TPSA) is 6.48 Å². The van der Waals surface area contributed by atoms with E-state index in [1.807, 2.05) is 24.3 Å². The Bertz CT molecular complexity index is 1160. The molecule has 0 radical (unpaired) electrons. The molecule has 0 unspecified atom stereocenters. The highest BCUT2D eigenvalue weighted by Gasteiger charge is 2.10. The highest BCUT2D eigenvalue weighted by Crippen LogP contribution is 2.33. The third-order valence-electron chi connectivity index (χ3n) is 5.61. The molecule has 36 heavy (non-hydrogen) atoms. The van der Waals surface area contributed by atoms with Crippen molar-refractivity contribution < 1.29 is 0 Å². The molecule has 0 fully saturated rings. The van der Waals surface area contributed by atoms with E-state index in [-0.39, 0.29) is 14.9 Å². The lowest BCUT2D eigenvalue weighted by molar-refractivity contribution is 1.21. The number of hydrogen-bond donors (Lipinski definition) is 0. The number of para-hydroxylation sites is 4. The Morgan fingerprint density at radius 2 is 0.639 bits per heavy atom. The molecule has 0 aromatic heterocycles. The Morgan fingerprint density at radius 3 is 0.972 bits per heavy atom. The fourth-order valence-electron chi connectivity index (χ4n) is 3.75. The Labute approximate surface area is 218 Å². The van der Waals surface area contributed by atoms with Crippen LogP contribution in [0.2, 0.25) is 0 Å².